The topological polar surface area (TPSA) is 68.7 Å². The van der Waals surface area contributed by atoms with Crippen molar-refractivity contribution < 1.29 is 17.9 Å². The Morgan fingerprint density at radius 3 is 2.64 bits per heavy atom. The molecule has 0 bridgehead atoms. The fraction of sp³-hybridized carbons (Fsp3) is 0.722. The largest absolute Gasteiger partial charge is 0.492 e. The van der Waals surface area contributed by atoms with Crippen LogP contribution in [0, 0.1) is 5.41 Å². The Morgan fingerprint density at radius 1 is 1.28 bits per heavy atom. The number of nitrogens with zero attached hydrogens (tertiary/aromatic N) is 2. The van der Waals surface area contributed by atoms with E-state index in [1.165, 1.54) is 10.5 Å². The third kappa shape index (κ3) is 3.06. The van der Waals surface area contributed by atoms with Crippen LogP contribution in [0.5, 0.6) is 5.75 Å². The minimum absolute atomic E-state index is 0.0220. The van der Waals surface area contributed by atoms with E-state index >= 15 is 0 Å². The van der Waals surface area contributed by atoms with Crippen LogP contribution in [0.15, 0.2) is 23.4 Å². The van der Waals surface area contributed by atoms with Crippen LogP contribution in [-0.4, -0.2) is 50.1 Å². The summed E-state index contributed by atoms with van der Waals surface area (Å²) >= 11 is 0. The second-order valence-corrected chi connectivity index (χ2v) is 8.88. The van der Waals surface area contributed by atoms with Crippen LogP contribution in [0.1, 0.15) is 46.0 Å². The summed E-state index contributed by atoms with van der Waals surface area (Å²) in [5.74, 6) is 0.366. The van der Waals surface area contributed by atoms with E-state index in [2.05, 4.69) is 4.98 Å². The Labute approximate surface area is 150 Å². The van der Waals surface area contributed by atoms with Gasteiger partial charge in [0.1, 0.15) is 10.6 Å². The summed E-state index contributed by atoms with van der Waals surface area (Å²) in [6.07, 6.45) is 8.22. The molecule has 25 heavy (non-hydrogen) atoms. The number of hydrogen-bond donors (Lipinski definition) is 0. The molecule has 3 rings (SSSR count). The maximum absolute atomic E-state index is 13.2. The number of aromatic nitrogens is 1. The average molecular weight is 368 g/mol. The highest BCUT2D eigenvalue weighted by Gasteiger charge is 2.59. The summed E-state index contributed by atoms with van der Waals surface area (Å²) < 4.78 is 39.4. The van der Waals surface area contributed by atoms with Gasteiger partial charge >= 0.3 is 0 Å². The van der Waals surface area contributed by atoms with Crippen molar-refractivity contribution in [1.29, 1.82) is 0 Å². The van der Waals surface area contributed by atoms with Crippen LogP contribution in [0.2, 0.25) is 0 Å². The Kier molecular flexibility index (Phi) is 5.37. The Morgan fingerprint density at radius 2 is 2.00 bits per heavy atom. The van der Waals surface area contributed by atoms with Gasteiger partial charge in [-0.15, -0.1) is 0 Å². The molecule has 0 aromatic carbocycles. The standard InChI is InChI=1S/C18H28N2O4S/c1-4-23-14-8-11-19-13-15(14)25(21,22)20(3)16-12-17(24-5-2)18(16)9-6-7-10-18/h8,11,13,16-17H,4-7,9-10,12H2,1-3H3/t16-,17+/m0/s1. The molecular formula is C18H28N2O4S. The zero-order chi connectivity index (χ0) is 18.1. The Hall–Kier alpha value is -1.18. The first-order valence-electron chi connectivity index (χ1n) is 9.13. The van der Waals surface area contributed by atoms with Gasteiger partial charge in [0, 0.05) is 31.3 Å². The zero-order valence-electron chi connectivity index (χ0n) is 15.3. The highest BCUT2D eigenvalue weighted by molar-refractivity contribution is 7.89. The van der Waals surface area contributed by atoms with E-state index in [-0.39, 0.29) is 22.5 Å². The molecule has 0 saturated heterocycles. The Bertz CT molecular complexity index is 701. The number of hydrogen-bond acceptors (Lipinski definition) is 5. The molecule has 0 aliphatic heterocycles. The van der Waals surface area contributed by atoms with E-state index < -0.39 is 10.0 Å². The van der Waals surface area contributed by atoms with E-state index in [0.29, 0.717) is 19.0 Å². The molecule has 140 valence electrons. The first-order valence-corrected chi connectivity index (χ1v) is 10.6. The minimum atomic E-state index is -3.66. The zero-order valence-corrected chi connectivity index (χ0v) is 16.1. The van der Waals surface area contributed by atoms with Crippen LogP contribution in [-0.2, 0) is 14.8 Å². The van der Waals surface area contributed by atoms with Crippen LogP contribution < -0.4 is 4.74 Å². The maximum Gasteiger partial charge on any atom is 0.248 e. The fourth-order valence-corrected chi connectivity index (χ4v) is 6.04. The van der Waals surface area contributed by atoms with Crippen LogP contribution in [0.25, 0.3) is 0 Å². The lowest BCUT2D eigenvalue weighted by Gasteiger charge is -2.56. The monoisotopic (exact) mass is 368 g/mol. The third-order valence-corrected chi connectivity index (χ3v) is 7.66. The van der Waals surface area contributed by atoms with Crippen LogP contribution in [0.4, 0.5) is 0 Å². The molecule has 7 heteroatoms. The van der Waals surface area contributed by atoms with Crippen molar-refractivity contribution in [2.75, 3.05) is 20.3 Å². The smallest absolute Gasteiger partial charge is 0.248 e. The number of ether oxygens (including phenoxy) is 2. The predicted molar refractivity (Wildman–Crippen MR) is 95.1 cm³/mol. The van der Waals surface area contributed by atoms with Crippen molar-refractivity contribution in [3.63, 3.8) is 0 Å². The lowest BCUT2D eigenvalue weighted by Crippen LogP contribution is -2.63. The van der Waals surface area contributed by atoms with Gasteiger partial charge in [0.15, 0.2) is 0 Å². The van der Waals surface area contributed by atoms with Gasteiger partial charge in [0.25, 0.3) is 0 Å². The number of sulfonamides is 1. The number of rotatable bonds is 7. The molecule has 0 unspecified atom stereocenters. The second kappa shape index (κ2) is 7.21. The van der Waals surface area contributed by atoms with Crippen molar-refractivity contribution in [3.8, 4) is 5.75 Å². The molecule has 1 aromatic heterocycles. The van der Waals surface area contributed by atoms with Crippen LogP contribution >= 0.6 is 0 Å². The van der Waals surface area contributed by atoms with Crippen molar-refractivity contribution in [1.82, 2.24) is 9.29 Å². The molecular weight excluding hydrogens is 340 g/mol. The normalized spacial score (nSPS) is 25.3. The molecule has 2 saturated carbocycles. The lowest BCUT2D eigenvalue weighted by atomic mass is 9.60. The third-order valence-electron chi connectivity index (χ3n) is 5.79. The van der Waals surface area contributed by atoms with E-state index in [1.807, 2.05) is 13.8 Å². The molecule has 0 radical (unpaired) electrons. The van der Waals surface area contributed by atoms with Gasteiger partial charge in [-0.05, 0) is 39.2 Å². The molecule has 6 nitrogen and oxygen atoms in total. The first-order chi connectivity index (χ1) is 12.0. The van der Waals surface area contributed by atoms with Gasteiger partial charge in [-0.2, -0.15) is 4.31 Å². The minimum Gasteiger partial charge on any atom is -0.492 e. The summed E-state index contributed by atoms with van der Waals surface area (Å²) in [6, 6.07) is 1.59. The summed E-state index contributed by atoms with van der Waals surface area (Å²) in [5, 5.41) is 0. The van der Waals surface area contributed by atoms with Gasteiger partial charge in [0.05, 0.1) is 18.9 Å². The first kappa shape index (κ1) is 18.6. The van der Waals surface area contributed by atoms with E-state index in [0.717, 1.165) is 32.1 Å². The summed E-state index contributed by atoms with van der Waals surface area (Å²) in [6.45, 7) is 4.93. The molecule has 1 spiro atoms. The van der Waals surface area contributed by atoms with E-state index in [9.17, 15) is 8.42 Å². The highest BCUT2D eigenvalue weighted by Crippen LogP contribution is 2.57. The second-order valence-electron chi connectivity index (χ2n) is 6.91. The SMILES string of the molecule is CCOc1ccncc1S(=O)(=O)N(C)[C@H]1C[C@@H](OCC)C12CCCC2. The highest BCUT2D eigenvalue weighted by atomic mass is 32.2. The van der Waals surface area contributed by atoms with Crippen molar-refractivity contribution in [2.45, 2.75) is 63.0 Å². The van der Waals surface area contributed by atoms with Crippen molar-refractivity contribution >= 4 is 10.0 Å². The predicted octanol–water partition coefficient (Wildman–Crippen LogP) is 2.84. The molecule has 2 fully saturated rings. The van der Waals surface area contributed by atoms with E-state index in [4.69, 9.17) is 9.47 Å². The van der Waals surface area contributed by atoms with E-state index in [1.54, 1.807) is 19.3 Å². The summed E-state index contributed by atoms with van der Waals surface area (Å²) in [4.78, 5) is 4.15. The van der Waals surface area contributed by atoms with Crippen molar-refractivity contribution in [2.24, 2.45) is 5.41 Å². The molecule has 2 aliphatic rings. The molecule has 0 amide bonds. The molecule has 2 atom stereocenters. The lowest BCUT2D eigenvalue weighted by molar-refractivity contribution is -0.145. The average Bonchev–Trinajstić information content (AvgIpc) is 3.11. The fourth-order valence-electron chi connectivity index (χ4n) is 4.52. The summed E-state index contributed by atoms with van der Waals surface area (Å²) in [7, 11) is -1.98. The van der Waals surface area contributed by atoms with Gasteiger partial charge in [-0.25, -0.2) is 8.42 Å². The Balaban J connectivity index is 1.89. The van der Waals surface area contributed by atoms with Crippen LogP contribution in [0.3, 0.4) is 0 Å². The molecule has 1 aromatic rings. The van der Waals surface area contributed by atoms with Gasteiger partial charge < -0.3 is 9.47 Å². The maximum atomic E-state index is 13.2. The van der Waals surface area contributed by atoms with Gasteiger partial charge in [-0.3, -0.25) is 4.98 Å². The van der Waals surface area contributed by atoms with Crippen molar-refractivity contribution in [3.05, 3.63) is 18.5 Å². The van der Waals surface area contributed by atoms with Gasteiger partial charge in [-0.1, -0.05) is 12.8 Å². The number of pyridine rings is 1. The van der Waals surface area contributed by atoms with Gasteiger partial charge in [0.2, 0.25) is 10.0 Å². The molecule has 1 heterocycles. The quantitative estimate of drug-likeness (QED) is 0.740. The summed E-state index contributed by atoms with van der Waals surface area (Å²) in [5.41, 5.74) is -0.0359. The molecule has 2 aliphatic carbocycles. The molecule has 0 N–H and O–H groups in total.